The molecular formula is C19H24N6O4S. The van der Waals surface area contributed by atoms with Crippen molar-refractivity contribution in [3.8, 4) is 5.75 Å². The Labute approximate surface area is 173 Å². The summed E-state index contributed by atoms with van der Waals surface area (Å²) in [4.78, 5) is 19.6. The highest BCUT2D eigenvalue weighted by Gasteiger charge is 2.30. The lowest BCUT2D eigenvalue weighted by molar-refractivity contribution is 0.377. The Bertz CT molecular complexity index is 1200. The Morgan fingerprint density at radius 1 is 1.17 bits per heavy atom. The van der Waals surface area contributed by atoms with Gasteiger partial charge in [-0.2, -0.15) is 10.1 Å². The molecule has 2 aromatic heterocycles. The molecule has 0 amide bonds. The summed E-state index contributed by atoms with van der Waals surface area (Å²) >= 11 is 0. The maximum absolute atomic E-state index is 12.9. The third-order valence-electron chi connectivity index (χ3n) is 5.37. The summed E-state index contributed by atoms with van der Waals surface area (Å²) in [5.41, 5.74) is 0.175. The van der Waals surface area contributed by atoms with E-state index in [9.17, 15) is 13.2 Å². The van der Waals surface area contributed by atoms with Crippen molar-refractivity contribution < 1.29 is 13.2 Å². The minimum atomic E-state index is -3.70. The van der Waals surface area contributed by atoms with E-state index in [1.165, 1.54) is 30.1 Å². The standard InChI is InChI=1S/C19H24N6O4S/c1-25-17-14(11-20-25)18(26)23-19(22-17)21-15-5-3-4-6-16(15)24-30(27,28)13-9-7-12(29-2)8-10-13/h7-11,15-16,24H,3-6H2,1-2H3,(H2,21,22,23,26). The first-order valence-corrected chi connectivity index (χ1v) is 11.2. The van der Waals surface area contributed by atoms with Crippen molar-refractivity contribution in [2.45, 2.75) is 42.7 Å². The molecule has 2 unspecified atom stereocenters. The van der Waals surface area contributed by atoms with E-state index in [1.54, 1.807) is 19.2 Å². The summed E-state index contributed by atoms with van der Waals surface area (Å²) in [7, 11) is -0.460. The van der Waals surface area contributed by atoms with Crippen molar-refractivity contribution in [3.05, 3.63) is 40.8 Å². The van der Waals surface area contributed by atoms with Gasteiger partial charge in [-0.3, -0.25) is 14.5 Å². The molecule has 4 rings (SSSR count). The zero-order valence-corrected chi connectivity index (χ0v) is 17.6. The highest BCUT2D eigenvalue weighted by atomic mass is 32.2. The monoisotopic (exact) mass is 432 g/mol. The second kappa shape index (κ2) is 8.07. The van der Waals surface area contributed by atoms with E-state index in [0.29, 0.717) is 29.2 Å². The number of sulfonamides is 1. The summed E-state index contributed by atoms with van der Waals surface area (Å²) in [6.07, 6.45) is 4.78. The van der Waals surface area contributed by atoms with Crippen LogP contribution in [0.4, 0.5) is 5.95 Å². The van der Waals surface area contributed by atoms with Crippen molar-refractivity contribution >= 4 is 27.0 Å². The first-order valence-electron chi connectivity index (χ1n) is 9.72. The van der Waals surface area contributed by atoms with E-state index >= 15 is 0 Å². The predicted octanol–water partition coefficient (Wildman–Crippen LogP) is 1.37. The van der Waals surface area contributed by atoms with Crippen molar-refractivity contribution in [1.29, 1.82) is 0 Å². The molecule has 3 N–H and O–H groups in total. The first-order chi connectivity index (χ1) is 14.4. The van der Waals surface area contributed by atoms with Crippen LogP contribution in [0.5, 0.6) is 5.75 Å². The highest BCUT2D eigenvalue weighted by molar-refractivity contribution is 7.89. The SMILES string of the molecule is COc1ccc(S(=O)(=O)NC2CCCCC2Nc2nc3c(cnn3C)c(=O)[nH]2)cc1. The maximum Gasteiger partial charge on any atom is 0.263 e. The molecule has 0 bridgehead atoms. The fourth-order valence-electron chi connectivity index (χ4n) is 3.74. The number of nitrogens with zero attached hydrogens (tertiary/aromatic N) is 3. The van der Waals surface area contributed by atoms with Gasteiger partial charge in [0.1, 0.15) is 11.1 Å². The molecule has 2 atom stereocenters. The van der Waals surface area contributed by atoms with E-state index in [1.807, 2.05) is 0 Å². The molecule has 1 aromatic carbocycles. The van der Waals surface area contributed by atoms with Crippen LogP contribution in [0.3, 0.4) is 0 Å². The van der Waals surface area contributed by atoms with Crippen molar-refractivity contribution in [1.82, 2.24) is 24.5 Å². The van der Waals surface area contributed by atoms with Gasteiger partial charge in [0.25, 0.3) is 5.56 Å². The van der Waals surface area contributed by atoms with Gasteiger partial charge in [-0.25, -0.2) is 13.1 Å². The Morgan fingerprint density at radius 2 is 1.87 bits per heavy atom. The van der Waals surface area contributed by atoms with E-state index in [-0.39, 0.29) is 22.5 Å². The summed E-state index contributed by atoms with van der Waals surface area (Å²) in [6, 6.07) is 5.72. The average Bonchev–Trinajstić information content (AvgIpc) is 3.11. The van der Waals surface area contributed by atoms with Crippen molar-refractivity contribution in [2.24, 2.45) is 7.05 Å². The molecule has 3 aromatic rings. The molecular weight excluding hydrogens is 408 g/mol. The zero-order valence-electron chi connectivity index (χ0n) is 16.8. The number of aromatic amines is 1. The smallest absolute Gasteiger partial charge is 0.263 e. The normalized spacial score (nSPS) is 19.7. The number of benzene rings is 1. The number of hydrogen-bond donors (Lipinski definition) is 3. The van der Waals surface area contributed by atoms with Crippen LogP contribution in [0.15, 0.2) is 40.2 Å². The van der Waals surface area contributed by atoms with E-state index in [2.05, 4.69) is 25.1 Å². The van der Waals surface area contributed by atoms with Crippen LogP contribution in [-0.4, -0.2) is 47.4 Å². The number of H-pyrrole nitrogens is 1. The van der Waals surface area contributed by atoms with Crippen molar-refractivity contribution in [3.63, 3.8) is 0 Å². The van der Waals surface area contributed by atoms with Crippen LogP contribution in [0.2, 0.25) is 0 Å². The maximum atomic E-state index is 12.9. The van der Waals surface area contributed by atoms with Crippen LogP contribution >= 0.6 is 0 Å². The predicted molar refractivity (Wildman–Crippen MR) is 112 cm³/mol. The number of ether oxygens (including phenoxy) is 1. The Balaban J connectivity index is 1.55. The quantitative estimate of drug-likeness (QED) is 0.536. The first kappa shape index (κ1) is 20.4. The van der Waals surface area contributed by atoms with Crippen LogP contribution < -0.4 is 20.3 Å². The van der Waals surface area contributed by atoms with E-state index < -0.39 is 10.0 Å². The molecule has 0 radical (unpaired) electrons. The Hall–Kier alpha value is -2.92. The Kier molecular flexibility index (Phi) is 5.48. The second-order valence-electron chi connectivity index (χ2n) is 7.36. The van der Waals surface area contributed by atoms with Gasteiger partial charge in [0.15, 0.2) is 5.65 Å². The largest absolute Gasteiger partial charge is 0.497 e. The molecule has 1 aliphatic rings. The third kappa shape index (κ3) is 4.03. The molecule has 0 spiro atoms. The lowest BCUT2D eigenvalue weighted by Gasteiger charge is -2.32. The fourth-order valence-corrected chi connectivity index (χ4v) is 5.05. The summed E-state index contributed by atoms with van der Waals surface area (Å²) in [5, 5.41) is 7.68. The van der Waals surface area contributed by atoms with Gasteiger partial charge < -0.3 is 10.1 Å². The number of fused-ring (bicyclic) bond motifs is 1. The zero-order chi connectivity index (χ0) is 21.3. The molecule has 1 fully saturated rings. The van der Waals surface area contributed by atoms with Crippen LogP contribution in [0.1, 0.15) is 25.7 Å². The van der Waals surface area contributed by atoms with Gasteiger partial charge in [-0.1, -0.05) is 12.8 Å². The molecule has 11 heteroatoms. The number of anilines is 1. The molecule has 0 saturated heterocycles. The number of methoxy groups -OCH3 is 1. The Morgan fingerprint density at radius 3 is 2.57 bits per heavy atom. The molecule has 30 heavy (non-hydrogen) atoms. The number of aromatic nitrogens is 4. The summed E-state index contributed by atoms with van der Waals surface area (Å²) in [6.45, 7) is 0. The molecule has 160 valence electrons. The minimum absolute atomic E-state index is 0.176. The van der Waals surface area contributed by atoms with Crippen LogP contribution in [-0.2, 0) is 17.1 Å². The van der Waals surface area contributed by atoms with Gasteiger partial charge in [-0.05, 0) is 37.1 Å². The number of rotatable bonds is 6. The van der Waals surface area contributed by atoms with Gasteiger partial charge in [0.05, 0.1) is 18.2 Å². The molecule has 2 heterocycles. The number of hydrogen-bond acceptors (Lipinski definition) is 7. The van der Waals surface area contributed by atoms with Gasteiger partial charge >= 0.3 is 0 Å². The van der Waals surface area contributed by atoms with Gasteiger partial charge in [0, 0.05) is 19.1 Å². The molecule has 0 aliphatic heterocycles. The average molecular weight is 433 g/mol. The van der Waals surface area contributed by atoms with Gasteiger partial charge in [0.2, 0.25) is 16.0 Å². The van der Waals surface area contributed by atoms with Crippen LogP contribution in [0.25, 0.3) is 11.0 Å². The second-order valence-corrected chi connectivity index (χ2v) is 9.07. The molecule has 1 saturated carbocycles. The van der Waals surface area contributed by atoms with Crippen LogP contribution in [0, 0.1) is 0 Å². The lowest BCUT2D eigenvalue weighted by atomic mass is 9.91. The lowest BCUT2D eigenvalue weighted by Crippen LogP contribution is -2.48. The number of aryl methyl sites for hydroxylation is 1. The summed E-state index contributed by atoms with van der Waals surface area (Å²) < 4.78 is 35.2. The fraction of sp³-hybridized carbons (Fsp3) is 0.421. The molecule has 1 aliphatic carbocycles. The van der Waals surface area contributed by atoms with Crippen molar-refractivity contribution in [2.75, 3.05) is 12.4 Å². The summed E-state index contributed by atoms with van der Waals surface area (Å²) in [5.74, 6) is 0.892. The number of nitrogens with one attached hydrogen (secondary N) is 3. The molecule has 10 nitrogen and oxygen atoms in total. The topological polar surface area (TPSA) is 131 Å². The third-order valence-corrected chi connectivity index (χ3v) is 6.87. The van der Waals surface area contributed by atoms with E-state index in [0.717, 1.165) is 19.3 Å². The van der Waals surface area contributed by atoms with E-state index in [4.69, 9.17) is 4.74 Å². The minimum Gasteiger partial charge on any atom is -0.497 e. The highest BCUT2D eigenvalue weighted by Crippen LogP contribution is 2.24. The van der Waals surface area contributed by atoms with Gasteiger partial charge in [-0.15, -0.1) is 0 Å².